The number of ether oxygens (including phenoxy) is 2. The van der Waals surface area contributed by atoms with Crippen molar-refractivity contribution >= 4 is 49.5 Å². The number of hydrogen-bond acceptors (Lipinski definition) is 10. The van der Waals surface area contributed by atoms with Crippen molar-refractivity contribution in [3.05, 3.63) is 239 Å². The summed E-state index contributed by atoms with van der Waals surface area (Å²) in [7, 11) is 4.11. The zero-order chi connectivity index (χ0) is 57.8. The number of thiophene rings is 1. The van der Waals surface area contributed by atoms with E-state index >= 15 is 0 Å². The largest absolute Gasteiger partial charge is 0.508 e. The molecule has 10 rings (SSSR count). The monoisotopic (exact) mass is 1110 g/mol. The molecule has 1 saturated heterocycles. The summed E-state index contributed by atoms with van der Waals surface area (Å²) in [6.07, 6.45) is 6.67. The molecule has 4 N–H and O–H groups in total. The fraction of sp³-hybridized carbons (Fsp3) is 0.236. The maximum absolute atomic E-state index is 13.6. The number of carbonyl (C=O) groups is 1. The highest BCUT2D eigenvalue weighted by molar-refractivity contribution is 7.22. The molecule has 10 heteroatoms. The molecule has 82 heavy (non-hydrogen) atoms. The van der Waals surface area contributed by atoms with Gasteiger partial charge in [0.25, 0.3) is 0 Å². The Hall–Kier alpha value is -8.41. The first kappa shape index (κ1) is 59.7. The highest BCUT2D eigenvalue weighted by atomic mass is 32.1. The van der Waals surface area contributed by atoms with E-state index in [0.717, 1.165) is 88.6 Å². The summed E-state index contributed by atoms with van der Waals surface area (Å²) in [5.41, 5.74) is 13.2. The normalized spacial score (nSPS) is 13.0. The number of rotatable bonds is 19. The predicted molar refractivity (Wildman–Crippen MR) is 339 cm³/mol. The predicted octanol–water partition coefficient (Wildman–Crippen LogP) is 16.9. The highest BCUT2D eigenvalue weighted by Crippen LogP contribution is 2.42. The van der Waals surface area contributed by atoms with Crippen LogP contribution < -0.4 is 9.47 Å². The van der Waals surface area contributed by atoms with Gasteiger partial charge in [0.2, 0.25) is 0 Å². The summed E-state index contributed by atoms with van der Waals surface area (Å²) >= 11 is 1.46. The number of likely N-dealkylation sites (tertiary alicyclic amines) is 1. The van der Waals surface area contributed by atoms with E-state index < -0.39 is 0 Å². The number of phenolic OH excluding ortho intramolecular Hbond substituents is 4. The zero-order valence-electron chi connectivity index (χ0n) is 47.9. The van der Waals surface area contributed by atoms with Crippen LogP contribution in [0.25, 0.3) is 42.8 Å². The molecule has 1 aromatic heterocycles. The minimum Gasteiger partial charge on any atom is -0.508 e. The van der Waals surface area contributed by atoms with Crippen LogP contribution in [0.3, 0.4) is 0 Å². The first-order valence-electron chi connectivity index (χ1n) is 28.5. The van der Waals surface area contributed by atoms with Crippen LogP contribution in [0.5, 0.6) is 34.5 Å². The molecular formula is C72H76N2O7S. The van der Waals surface area contributed by atoms with Crippen LogP contribution in [0, 0.1) is 0 Å². The third-order valence-electron chi connectivity index (χ3n) is 14.6. The molecular weight excluding hydrogens is 1040 g/mol. The lowest BCUT2D eigenvalue weighted by Gasteiger charge is -2.26. The van der Waals surface area contributed by atoms with Crippen LogP contribution >= 0.6 is 11.3 Å². The lowest BCUT2D eigenvalue weighted by molar-refractivity contribution is 0.104. The SMILES string of the molecule is CC/C(=C(/CC)c1ccc(O)cc1)c1ccc(O)cc1.CC/C(=C(\c1ccccc1)c1ccc(OCCN(C)C)cc1)c1ccccc1.O=C(c1ccc(OCCN2CCCCC2)cc1)c1c(-c2ccc(O)cc2)sc2cc(O)ccc12. The van der Waals surface area contributed by atoms with Gasteiger partial charge in [0.05, 0.1) is 0 Å². The average molecular weight is 1110 g/mol. The Bertz CT molecular complexity index is 3440. The molecule has 1 aliphatic rings. The van der Waals surface area contributed by atoms with Crippen molar-refractivity contribution in [2.75, 3.05) is 53.5 Å². The molecule has 0 radical (unpaired) electrons. The van der Waals surface area contributed by atoms with Gasteiger partial charge in [-0.15, -0.1) is 11.3 Å². The minimum atomic E-state index is -0.0834. The molecule has 9 nitrogen and oxygen atoms in total. The molecule has 9 aromatic rings. The Morgan fingerprint density at radius 1 is 0.488 bits per heavy atom. The fourth-order valence-corrected chi connectivity index (χ4v) is 11.5. The third kappa shape index (κ3) is 16.2. The van der Waals surface area contributed by atoms with Crippen LogP contribution in [0.15, 0.2) is 200 Å². The van der Waals surface area contributed by atoms with Gasteiger partial charge in [-0.25, -0.2) is 0 Å². The van der Waals surface area contributed by atoms with Crippen molar-refractivity contribution in [3.63, 3.8) is 0 Å². The number of carbonyl (C=O) groups excluding carboxylic acids is 1. The molecule has 0 aliphatic carbocycles. The number of allylic oxidation sites excluding steroid dienone is 3. The van der Waals surface area contributed by atoms with Crippen LogP contribution in [0.1, 0.15) is 103 Å². The Morgan fingerprint density at radius 2 is 0.927 bits per heavy atom. The van der Waals surface area contributed by atoms with Gasteiger partial charge >= 0.3 is 0 Å². The van der Waals surface area contributed by atoms with Crippen molar-refractivity contribution in [3.8, 4) is 44.9 Å². The zero-order valence-corrected chi connectivity index (χ0v) is 48.7. The van der Waals surface area contributed by atoms with E-state index in [9.17, 15) is 25.2 Å². The highest BCUT2D eigenvalue weighted by Gasteiger charge is 2.23. The molecule has 422 valence electrons. The summed E-state index contributed by atoms with van der Waals surface area (Å²) in [6.45, 7) is 11.9. The molecule has 0 atom stereocenters. The van der Waals surface area contributed by atoms with E-state index in [1.54, 1.807) is 66.7 Å². The van der Waals surface area contributed by atoms with Gasteiger partial charge in [-0.05, 0) is 218 Å². The van der Waals surface area contributed by atoms with Crippen molar-refractivity contribution in [1.29, 1.82) is 0 Å². The number of phenols is 4. The van der Waals surface area contributed by atoms with Crippen molar-refractivity contribution in [2.45, 2.75) is 59.3 Å². The quantitative estimate of drug-likeness (QED) is 0.0463. The molecule has 1 aliphatic heterocycles. The van der Waals surface area contributed by atoms with E-state index in [1.165, 1.54) is 69.6 Å². The second-order valence-corrected chi connectivity index (χ2v) is 21.6. The fourth-order valence-electron chi connectivity index (χ4n) is 10.3. The van der Waals surface area contributed by atoms with Crippen molar-refractivity contribution < 1.29 is 34.7 Å². The van der Waals surface area contributed by atoms with E-state index in [2.05, 4.69) is 130 Å². The van der Waals surface area contributed by atoms with E-state index in [1.807, 2.05) is 48.5 Å². The van der Waals surface area contributed by atoms with Gasteiger partial charge in [0, 0.05) is 39.2 Å². The second kappa shape index (κ2) is 29.9. The van der Waals surface area contributed by atoms with Gasteiger partial charge in [-0.1, -0.05) is 124 Å². The number of hydrogen-bond donors (Lipinski definition) is 4. The molecule has 2 heterocycles. The summed E-state index contributed by atoms with van der Waals surface area (Å²) in [5, 5.41) is 39.3. The number of aromatic hydroxyl groups is 4. The number of benzene rings is 8. The average Bonchev–Trinajstić information content (AvgIpc) is 3.82. The lowest BCUT2D eigenvalue weighted by atomic mass is 9.88. The van der Waals surface area contributed by atoms with Gasteiger partial charge in [-0.3, -0.25) is 9.69 Å². The molecule has 8 aromatic carbocycles. The van der Waals surface area contributed by atoms with Crippen molar-refractivity contribution in [1.82, 2.24) is 9.80 Å². The smallest absolute Gasteiger partial charge is 0.195 e. The molecule has 0 unspecified atom stereocenters. The number of likely N-dealkylation sites (N-methyl/N-ethyl adjacent to an activating group) is 1. The molecule has 0 amide bonds. The summed E-state index contributed by atoms with van der Waals surface area (Å²) in [4.78, 5) is 19.0. The van der Waals surface area contributed by atoms with Gasteiger partial charge in [0.1, 0.15) is 47.7 Å². The standard InChI is InChI=1S/C28H27NO4S.C26H29NO.C18H20O2/c30-21-8-4-20(5-9-21)28-26(24-13-10-22(31)18-25(24)34-28)27(32)19-6-11-23(12-7-19)33-17-16-29-14-2-1-3-15-29;1-4-25(21-11-7-5-8-12-21)26(22-13-9-6-10-14-22)23-15-17-24(18-16-23)28-20-19-27(2)3;1-3-17(13-5-9-15(19)10-6-13)18(4-2)14-7-11-16(20)12-8-14/h4-13,18,30-31H,1-3,14-17H2;5-18H,4,19-20H2,1-3H3;5-12,19-20H,3-4H2,1-2H3/b;26-25-;18-17+. The molecule has 1 fully saturated rings. The van der Waals surface area contributed by atoms with Gasteiger partial charge < -0.3 is 34.8 Å². The number of piperidine rings is 1. The third-order valence-corrected chi connectivity index (χ3v) is 15.8. The number of nitrogens with zero attached hydrogens (tertiary/aromatic N) is 2. The van der Waals surface area contributed by atoms with Gasteiger partial charge in [-0.2, -0.15) is 0 Å². The molecule has 0 saturated carbocycles. The molecule has 0 bridgehead atoms. The Balaban J connectivity index is 0.000000167. The number of fused-ring (bicyclic) bond motifs is 1. The maximum Gasteiger partial charge on any atom is 0.195 e. The second-order valence-electron chi connectivity index (χ2n) is 20.5. The topological polar surface area (TPSA) is 123 Å². The van der Waals surface area contributed by atoms with Crippen LogP contribution in [0.2, 0.25) is 0 Å². The minimum absolute atomic E-state index is 0.0834. The summed E-state index contributed by atoms with van der Waals surface area (Å²) in [5.74, 6) is 2.49. The van der Waals surface area contributed by atoms with E-state index in [0.29, 0.717) is 24.3 Å². The summed E-state index contributed by atoms with van der Waals surface area (Å²) < 4.78 is 12.6. The van der Waals surface area contributed by atoms with E-state index in [4.69, 9.17) is 9.47 Å². The number of ketones is 1. The van der Waals surface area contributed by atoms with Crippen LogP contribution in [-0.2, 0) is 0 Å². The molecule has 0 spiro atoms. The Kier molecular flexibility index (Phi) is 21.8. The first-order chi connectivity index (χ1) is 39.9. The Morgan fingerprint density at radius 3 is 1.44 bits per heavy atom. The van der Waals surface area contributed by atoms with E-state index in [-0.39, 0.29) is 28.8 Å². The van der Waals surface area contributed by atoms with Crippen LogP contribution in [0.4, 0.5) is 0 Å². The van der Waals surface area contributed by atoms with Crippen molar-refractivity contribution in [2.24, 2.45) is 0 Å². The first-order valence-corrected chi connectivity index (χ1v) is 29.3. The maximum atomic E-state index is 13.6. The van der Waals surface area contributed by atoms with Crippen LogP contribution in [-0.4, -0.2) is 89.5 Å². The Labute approximate surface area is 488 Å². The summed E-state index contributed by atoms with van der Waals surface area (Å²) in [6, 6.07) is 63.7. The lowest BCUT2D eigenvalue weighted by Crippen LogP contribution is -2.33. The van der Waals surface area contributed by atoms with Gasteiger partial charge in [0.15, 0.2) is 5.78 Å².